The fourth-order valence-electron chi connectivity index (χ4n) is 5.59. The van der Waals surface area contributed by atoms with Crippen LogP contribution in [0.4, 0.5) is 0 Å². The normalized spacial score (nSPS) is 29.0. The first-order valence-electron chi connectivity index (χ1n) is 12.4. The predicted octanol–water partition coefficient (Wildman–Crippen LogP) is 8.60. The standard InChI is InChI=1S/C26H45N/c1-2-3-4-5-7-10-23-12-16-25(17-13-23)20-21-26-18-14-24(15-19-26)11-8-6-9-22-27/h6,9,23-26H,2-5,7-8,10-21H2,1H3/t23-,24?,25-,26?. The van der Waals surface area contributed by atoms with Gasteiger partial charge in [0, 0.05) is 6.08 Å². The van der Waals surface area contributed by atoms with Crippen molar-refractivity contribution in [3.63, 3.8) is 0 Å². The molecule has 0 radical (unpaired) electrons. The van der Waals surface area contributed by atoms with Crippen molar-refractivity contribution < 1.29 is 0 Å². The molecule has 0 unspecified atom stereocenters. The van der Waals surface area contributed by atoms with Crippen LogP contribution < -0.4 is 0 Å². The summed E-state index contributed by atoms with van der Waals surface area (Å²) in [5.41, 5.74) is 0. The van der Waals surface area contributed by atoms with Crippen LogP contribution in [0, 0.1) is 35.0 Å². The minimum Gasteiger partial charge on any atom is -0.193 e. The summed E-state index contributed by atoms with van der Waals surface area (Å²) >= 11 is 0. The maximum atomic E-state index is 8.55. The summed E-state index contributed by atoms with van der Waals surface area (Å²) < 4.78 is 0. The average Bonchev–Trinajstić information content (AvgIpc) is 2.71. The van der Waals surface area contributed by atoms with E-state index >= 15 is 0 Å². The largest absolute Gasteiger partial charge is 0.193 e. The third kappa shape index (κ3) is 9.82. The quantitative estimate of drug-likeness (QED) is 0.249. The molecule has 1 heteroatoms. The molecule has 27 heavy (non-hydrogen) atoms. The lowest BCUT2D eigenvalue weighted by atomic mass is 9.74. The van der Waals surface area contributed by atoms with Crippen LogP contribution in [0.3, 0.4) is 0 Å². The average molecular weight is 372 g/mol. The highest BCUT2D eigenvalue weighted by Gasteiger charge is 2.24. The van der Waals surface area contributed by atoms with Crippen LogP contribution in [0.25, 0.3) is 0 Å². The van der Waals surface area contributed by atoms with E-state index in [1.165, 1.54) is 109 Å². The zero-order valence-electron chi connectivity index (χ0n) is 18.1. The van der Waals surface area contributed by atoms with Gasteiger partial charge in [-0.3, -0.25) is 0 Å². The molecule has 2 aliphatic rings. The van der Waals surface area contributed by atoms with Crippen molar-refractivity contribution in [1.29, 1.82) is 5.26 Å². The van der Waals surface area contributed by atoms with Crippen molar-refractivity contribution in [3.05, 3.63) is 12.2 Å². The fraction of sp³-hybridized carbons (Fsp3) is 0.885. The van der Waals surface area contributed by atoms with E-state index in [1.54, 1.807) is 6.08 Å². The maximum absolute atomic E-state index is 8.55. The van der Waals surface area contributed by atoms with E-state index in [0.717, 1.165) is 30.1 Å². The predicted molar refractivity (Wildman–Crippen MR) is 117 cm³/mol. The smallest absolute Gasteiger partial charge is 0.0908 e. The molecule has 0 spiro atoms. The van der Waals surface area contributed by atoms with Gasteiger partial charge in [0.2, 0.25) is 0 Å². The Morgan fingerprint density at radius 2 is 1.15 bits per heavy atom. The molecule has 2 aliphatic carbocycles. The van der Waals surface area contributed by atoms with Gasteiger partial charge in [-0.15, -0.1) is 0 Å². The van der Waals surface area contributed by atoms with Gasteiger partial charge in [-0.2, -0.15) is 5.26 Å². The summed E-state index contributed by atoms with van der Waals surface area (Å²) in [4.78, 5) is 0. The topological polar surface area (TPSA) is 23.8 Å². The lowest BCUT2D eigenvalue weighted by Gasteiger charge is -2.32. The highest BCUT2D eigenvalue weighted by Crippen LogP contribution is 2.38. The van der Waals surface area contributed by atoms with E-state index in [0.29, 0.717) is 0 Å². The van der Waals surface area contributed by atoms with Gasteiger partial charge in [-0.05, 0) is 36.5 Å². The monoisotopic (exact) mass is 371 g/mol. The summed E-state index contributed by atoms with van der Waals surface area (Å²) in [6, 6.07) is 2.10. The Morgan fingerprint density at radius 1 is 0.667 bits per heavy atom. The van der Waals surface area contributed by atoms with Gasteiger partial charge in [-0.25, -0.2) is 0 Å². The van der Waals surface area contributed by atoms with Crippen LogP contribution in [-0.2, 0) is 0 Å². The second-order valence-corrected chi connectivity index (χ2v) is 9.66. The lowest BCUT2D eigenvalue weighted by molar-refractivity contribution is 0.208. The van der Waals surface area contributed by atoms with Crippen LogP contribution in [0.2, 0.25) is 0 Å². The molecule has 0 atom stereocenters. The maximum Gasteiger partial charge on any atom is 0.0908 e. The second-order valence-electron chi connectivity index (χ2n) is 9.66. The Kier molecular flexibility index (Phi) is 11.9. The molecule has 0 aromatic rings. The minimum absolute atomic E-state index is 0.928. The fourth-order valence-corrected chi connectivity index (χ4v) is 5.59. The first-order chi connectivity index (χ1) is 13.3. The third-order valence-corrected chi connectivity index (χ3v) is 7.57. The van der Waals surface area contributed by atoms with E-state index in [2.05, 4.69) is 13.0 Å². The molecule has 154 valence electrons. The Balaban J connectivity index is 1.47. The summed E-state index contributed by atoms with van der Waals surface area (Å²) in [5, 5.41) is 8.55. The molecule has 2 rings (SSSR count). The molecule has 0 aromatic carbocycles. The zero-order chi connectivity index (χ0) is 19.2. The van der Waals surface area contributed by atoms with Gasteiger partial charge >= 0.3 is 0 Å². The summed E-state index contributed by atoms with van der Waals surface area (Å²) in [6.45, 7) is 2.31. The van der Waals surface area contributed by atoms with Gasteiger partial charge in [0.1, 0.15) is 0 Å². The Morgan fingerprint density at radius 3 is 1.67 bits per heavy atom. The molecule has 0 heterocycles. The van der Waals surface area contributed by atoms with Gasteiger partial charge in [0.05, 0.1) is 6.07 Å². The highest BCUT2D eigenvalue weighted by atomic mass is 14.3. The number of nitrogens with zero attached hydrogens (tertiary/aromatic N) is 1. The second kappa shape index (κ2) is 14.3. The zero-order valence-corrected chi connectivity index (χ0v) is 18.1. The van der Waals surface area contributed by atoms with Crippen molar-refractivity contribution in [2.75, 3.05) is 0 Å². The van der Waals surface area contributed by atoms with Crippen molar-refractivity contribution in [3.8, 4) is 6.07 Å². The van der Waals surface area contributed by atoms with Crippen LogP contribution >= 0.6 is 0 Å². The van der Waals surface area contributed by atoms with Crippen molar-refractivity contribution in [2.24, 2.45) is 23.7 Å². The number of allylic oxidation sites excluding steroid dienone is 2. The van der Waals surface area contributed by atoms with Crippen molar-refractivity contribution in [2.45, 2.75) is 122 Å². The van der Waals surface area contributed by atoms with E-state index in [-0.39, 0.29) is 0 Å². The molecular formula is C26H45N. The van der Waals surface area contributed by atoms with Gasteiger partial charge in [0.25, 0.3) is 0 Å². The Labute approximate surface area is 170 Å². The van der Waals surface area contributed by atoms with Gasteiger partial charge in [0.15, 0.2) is 0 Å². The van der Waals surface area contributed by atoms with Crippen LogP contribution in [-0.4, -0.2) is 0 Å². The number of nitriles is 1. The van der Waals surface area contributed by atoms with E-state index < -0.39 is 0 Å². The summed E-state index contributed by atoms with van der Waals surface area (Å²) in [6.07, 6.45) is 29.8. The number of hydrogen-bond donors (Lipinski definition) is 0. The molecule has 2 fully saturated rings. The summed E-state index contributed by atoms with van der Waals surface area (Å²) in [5.74, 6) is 4.06. The van der Waals surface area contributed by atoms with E-state index in [9.17, 15) is 0 Å². The van der Waals surface area contributed by atoms with E-state index in [4.69, 9.17) is 5.26 Å². The Hall–Kier alpha value is -0.770. The molecule has 0 aliphatic heterocycles. The van der Waals surface area contributed by atoms with Crippen LogP contribution in [0.5, 0.6) is 0 Å². The Bertz CT molecular complexity index is 416. The molecule has 0 N–H and O–H groups in total. The molecule has 0 bridgehead atoms. The SMILES string of the molecule is CCCCCCC[C@H]1CC[C@H](CCC2CCC(CCC=CC#N)CC2)CC1. The minimum atomic E-state index is 0.928. The first-order valence-corrected chi connectivity index (χ1v) is 12.4. The van der Waals surface area contributed by atoms with Gasteiger partial charge < -0.3 is 0 Å². The van der Waals surface area contributed by atoms with E-state index in [1.807, 2.05) is 6.08 Å². The molecule has 0 aromatic heterocycles. The summed E-state index contributed by atoms with van der Waals surface area (Å²) in [7, 11) is 0. The van der Waals surface area contributed by atoms with Crippen LogP contribution in [0.15, 0.2) is 12.2 Å². The molecule has 0 amide bonds. The molecule has 1 nitrogen and oxygen atoms in total. The number of rotatable bonds is 12. The highest BCUT2D eigenvalue weighted by molar-refractivity contribution is 5.01. The molecule has 2 saturated carbocycles. The third-order valence-electron chi connectivity index (χ3n) is 7.57. The molecular weight excluding hydrogens is 326 g/mol. The number of hydrogen-bond acceptors (Lipinski definition) is 1. The first kappa shape index (κ1) is 22.5. The molecule has 0 saturated heterocycles. The van der Waals surface area contributed by atoms with Crippen molar-refractivity contribution in [1.82, 2.24) is 0 Å². The van der Waals surface area contributed by atoms with Gasteiger partial charge in [-0.1, -0.05) is 116 Å². The lowest BCUT2D eigenvalue weighted by Crippen LogP contribution is -2.18. The number of unbranched alkanes of at least 4 members (excludes halogenated alkanes) is 4. The van der Waals surface area contributed by atoms with Crippen molar-refractivity contribution >= 4 is 0 Å². The van der Waals surface area contributed by atoms with Crippen LogP contribution in [0.1, 0.15) is 122 Å².